The van der Waals surface area contributed by atoms with Crippen molar-refractivity contribution < 1.29 is 55.0 Å². The highest BCUT2D eigenvalue weighted by molar-refractivity contribution is 5.67. The van der Waals surface area contributed by atoms with Crippen molar-refractivity contribution in [2.75, 3.05) is 13.2 Å². The number of carbonyl (C=O) groups is 3. The molecule has 12 heteroatoms. The molecule has 0 bridgehead atoms. The Morgan fingerprint density at radius 3 is 1.73 bits per heavy atom. The molecule has 9 N–H and O–H groups in total. The quantitative estimate of drug-likeness (QED) is 0.163. The summed E-state index contributed by atoms with van der Waals surface area (Å²) in [5.41, 5.74) is 0. The van der Waals surface area contributed by atoms with Crippen molar-refractivity contribution in [3.05, 3.63) is 0 Å². The number of rotatable bonds is 7. The number of carboxylic acids is 2. The molecule has 0 aromatic heterocycles. The second kappa shape index (κ2) is 15.7. The summed E-state index contributed by atoms with van der Waals surface area (Å²) in [6.45, 7) is -0.107. The Morgan fingerprint density at radius 2 is 1.55 bits per heavy atom. The van der Waals surface area contributed by atoms with Gasteiger partial charge in [0, 0.05) is 6.92 Å². The minimum Gasteiger partial charge on any atom is -0.481 e. The third-order valence-corrected chi connectivity index (χ3v) is 1.63. The summed E-state index contributed by atoms with van der Waals surface area (Å²) < 4.78 is 0. The zero-order valence-corrected chi connectivity index (χ0v) is 11.6. The Balaban J connectivity index is -0.000000300. The lowest BCUT2D eigenvalue weighted by atomic mass is 10.0. The number of aliphatic hydroxyl groups is 5. The van der Waals surface area contributed by atoms with Crippen molar-refractivity contribution in [1.29, 1.82) is 0 Å². The molecular formula is C10H21NO11. The Bertz CT molecular complexity index is 307. The molecule has 132 valence electrons. The topological polar surface area (TPSA) is 228 Å². The minimum atomic E-state index is -1.79. The molecule has 0 aromatic rings. The lowest BCUT2D eigenvalue weighted by Crippen LogP contribution is -2.46. The zero-order valence-electron chi connectivity index (χ0n) is 11.6. The second-order valence-corrected chi connectivity index (χ2v) is 3.58. The van der Waals surface area contributed by atoms with Crippen molar-refractivity contribution >= 4 is 18.2 Å². The summed E-state index contributed by atoms with van der Waals surface area (Å²) in [6, 6.07) is 0. The monoisotopic (exact) mass is 331 g/mol. The van der Waals surface area contributed by atoms with Gasteiger partial charge in [0.25, 0.3) is 5.97 Å². The number of carboxylic acid groups (broad SMARTS) is 2. The van der Waals surface area contributed by atoms with Crippen LogP contribution < -0.4 is 5.90 Å². The second-order valence-electron chi connectivity index (χ2n) is 3.58. The molecule has 0 aliphatic rings. The minimum absolute atomic E-state index is 0.0258. The smallest absolute Gasteiger partial charge is 0.331 e. The number of carbonyl (C=O) groups excluding carboxylic acids is 1. The molecule has 0 spiro atoms. The molecule has 0 aliphatic heterocycles. The van der Waals surface area contributed by atoms with Crippen molar-refractivity contribution in [2.45, 2.75) is 31.3 Å². The van der Waals surface area contributed by atoms with Crippen molar-refractivity contribution in [1.82, 2.24) is 0 Å². The highest BCUT2D eigenvalue weighted by Gasteiger charge is 2.29. The highest BCUT2D eigenvalue weighted by Crippen LogP contribution is 2.02. The van der Waals surface area contributed by atoms with Gasteiger partial charge < -0.3 is 40.5 Å². The van der Waals surface area contributed by atoms with E-state index in [1.54, 1.807) is 0 Å². The normalized spacial score (nSPS) is 14.9. The van der Waals surface area contributed by atoms with Crippen molar-refractivity contribution in [3.8, 4) is 0 Å². The summed E-state index contributed by atoms with van der Waals surface area (Å²) in [4.78, 5) is 32.0. The molecule has 0 radical (unpaired) electrons. The molecular weight excluding hydrogens is 310 g/mol. The molecule has 0 unspecified atom stereocenters. The number of nitrogens with two attached hydrogens (primary N) is 1. The first kappa shape index (κ1) is 25.3. The van der Waals surface area contributed by atoms with E-state index < -0.39 is 49.6 Å². The maximum Gasteiger partial charge on any atom is 0.331 e. The predicted molar refractivity (Wildman–Crippen MR) is 68.3 cm³/mol. The largest absolute Gasteiger partial charge is 0.481 e. The Kier molecular flexibility index (Phi) is 18.1. The van der Waals surface area contributed by atoms with Crippen LogP contribution in [0.1, 0.15) is 6.92 Å². The van der Waals surface area contributed by atoms with E-state index in [1.807, 2.05) is 0 Å². The first-order chi connectivity index (χ1) is 10.0. The molecule has 0 saturated heterocycles. The third-order valence-electron chi connectivity index (χ3n) is 1.63. The molecule has 12 nitrogen and oxygen atoms in total. The summed E-state index contributed by atoms with van der Waals surface area (Å²) >= 11 is 0. The lowest BCUT2D eigenvalue weighted by Gasteiger charge is -2.22. The van der Waals surface area contributed by atoms with Gasteiger partial charge in [-0.3, -0.25) is 9.63 Å². The van der Waals surface area contributed by atoms with Crippen molar-refractivity contribution in [3.63, 3.8) is 0 Å². The summed E-state index contributed by atoms with van der Waals surface area (Å²) in [5, 5.41) is 58.7. The molecule has 0 amide bonds. The number of hydrogen-bond acceptors (Lipinski definition) is 10. The van der Waals surface area contributed by atoms with E-state index in [0.717, 1.165) is 6.92 Å². The van der Waals surface area contributed by atoms with Crippen LogP contribution in [-0.2, 0) is 19.2 Å². The van der Waals surface area contributed by atoms with Crippen LogP contribution in [0, 0.1) is 0 Å². The predicted octanol–water partition coefficient (Wildman–Crippen LogP) is -4.33. The van der Waals surface area contributed by atoms with Crippen LogP contribution in [-0.4, -0.2) is 91.6 Å². The van der Waals surface area contributed by atoms with Crippen LogP contribution in [0.2, 0.25) is 0 Å². The molecule has 22 heavy (non-hydrogen) atoms. The summed E-state index contributed by atoms with van der Waals surface area (Å²) in [5.74, 6) is 2.46. The first-order valence-electron chi connectivity index (χ1n) is 5.56. The van der Waals surface area contributed by atoms with E-state index in [2.05, 4.69) is 10.7 Å². The summed E-state index contributed by atoms with van der Waals surface area (Å²) in [6.07, 6.45) is -6.84. The lowest BCUT2D eigenvalue weighted by molar-refractivity contribution is -0.142. The Labute approximate surface area is 124 Å². The van der Waals surface area contributed by atoms with E-state index in [-0.39, 0.29) is 6.29 Å². The number of aldehydes is 1. The van der Waals surface area contributed by atoms with Crippen LogP contribution in [0.5, 0.6) is 0 Å². The SMILES string of the molecule is CC(=O)O.NOCC(=O)O.O=C[C@H](O)[C@@H](O)[C@H](O)[C@H](O)CO. The van der Waals surface area contributed by atoms with Gasteiger partial charge >= 0.3 is 5.97 Å². The fraction of sp³-hybridized carbons (Fsp3) is 0.700. The van der Waals surface area contributed by atoms with Crippen molar-refractivity contribution in [2.24, 2.45) is 5.90 Å². The average Bonchev–Trinajstić information content (AvgIpc) is 2.43. The number of aliphatic hydroxyl groups excluding tert-OH is 5. The third kappa shape index (κ3) is 18.3. The van der Waals surface area contributed by atoms with Gasteiger partial charge in [-0.05, 0) is 0 Å². The van der Waals surface area contributed by atoms with Gasteiger partial charge in [0.2, 0.25) is 0 Å². The van der Waals surface area contributed by atoms with E-state index in [1.165, 1.54) is 0 Å². The molecule has 0 heterocycles. The maximum atomic E-state index is 9.90. The number of hydrogen-bond donors (Lipinski definition) is 8. The van der Waals surface area contributed by atoms with E-state index in [4.69, 9.17) is 40.5 Å². The maximum absolute atomic E-state index is 9.90. The van der Waals surface area contributed by atoms with Gasteiger partial charge in [0.05, 0.1) is 6.61 Å². The number of aliphatic carboxylic acids is 2. The van der Waals surface area contributed by atoms with Gasteiger partial charge in [-0.15, -0.1) is 0 Å². The van der Waals surface area contributed by atoms with Crippen LogP contribution in [0.15, 0.2) is 0 Å². The average molecular weight is 331 g/mol. The van der Waals surface area contributed by atoms with Crippen LogP contribution in [0.25, 0.3) is 0 Å². The van der Waals surface area contributed by atoms with E-state index >= 15 is 0 Å². The molecule has 0 fully saturated rings. The van der Waals surface area contributed by atoms with Gasteiger partial charge in [-0.25, -0.2) is 10.7 Å². The van der Waals surface area contributed by atoms with Gasteiger partial charge in [0.1, 0.15) is 24.4 Å². The molecule has 0 saturated carbocycles. The zero-order chi connectivity index (χ0) is 18.3. The highest BCUT2D eigenvalue weighted by atomic mass is 16.6. The Morgan fingerprint density at radius 1 is 1.14 bits per heavy atom. The molecule has 4 atom stereocenters. The van der Waals surface area contributed by atoms with E-state index in [0.29, 0.717) is 0 Å². The standard InChI is InChI=1S/C6H12O6.C2H5NO3.C2H4O2/c7-1-3(9)5(11)6(12)4(10)2-8;3-6-1-2(4)5;1-2(3)4/h1,3-6,8-12H,2H2;1,3H2,(H,4,5);1H3,(H,3,4)/t3-,4+,5+,6+;;/m0../s1. The molecule has 0 aliphatic carbocycles. The Hall–Kier alpha value is -1.67. The van der Waals surface area contributed by atoms with Crippen LogP contribution in [0.3, 0.4) is 0 Å². The van der Waals surface area contributed by atoms with Crippen LogP contribution in [0.4, 0.5) is 0 Å². The van der Waals surface area contributed by atoms with Gasteiger partial charge in [0.15, 0.2) is 12.9 Å². The van der Waals surface area contributed by atoms with E-state index in [9.17, 15) is 9.59 Å². The fourth-order valence-corrected chi connectivity index (χ4v) is 0.689. The summed E-state index contributed by atoms with van der Waals surface area (Å²) in [7, 11) is 0. The van der Waals surface area contributed by atoms with Gasteiger partial charge in [-0.1, -0.05) is 0 Å². The fourth-order valence-electron chi connectivity index (χ4n) is 0.689. The molecule has 0 rings (SSSR count). The van der Waals surface area contributed by atoms with Crippen LogP contribution >= 0.6 is 0 Å². The first-order valence-corrected chi connectivity index (χ1v) is 5.56. The van der Waals surface area contributed by atoms with Gasteiger partial charge in [-0.2, -0.15) is 0 Å². The molecule has 0 aromatic carbocycles.